The smallest absolute Gasteiger partial charge is 0.303 e. The van der Waals surface area contributed by atoms with E-state index in [1.807, 2.05) is 0 Å². The monoisotopic (exact) mass is 298 g/mol. The van der Waals surface area contributed by atoms with Gasteiger partial charge >= 0.3 is 5.97 Å². The van der Waals surface area contributed by atoms with Crippen LogP contribution in [0.15, 0.2) is 0 Å². The zero-order valence-corrected chi connectivity index (χ0v) is 13.4. The number of carbonyl (C=O) groups is 2. The van der Waals surface area contributed by atoms with Gasteiger partial charge in [-0.25, -0.2) is 0 Å². The van der Waals surface area contributed by atoms with E-state index in [0.717, 1.165) is 25.9 Å². The van der Waals surface area contributed by atoms with E-state index in [1.54, 1.807) is 0 Å². The summed E-state index contributed by atoms with van der Waals surface area (Å²) >= 11 is 0. The highest BCUT2D eigenvalue weighted by Crippen LogP contribution is 2.17. The van der Waals surface area contributed by atoms with E-state index < -0.39 is 5.97 Å². The molecule has 1 unspecified atom stereocenters. The Morgan fingerprint density at radius 1 is 1.38 bits per heavy atom. The van der Waals surface area contributed by atoms with E-state index in [4.69, 9.17) is 5.11 Å². The lowest BCUT2D eigenvalue weighted by Gasteiger charge is -2.22. The first-order valence-electron chi connectivity index (χ1n) is 8.16. The van der Waals surface area contributed by atoms with Crippen LogP contribution in [-0.2, 0) is 9.59 Å². The summed E-state index contributed by atoms with van der Waals surface area (Å²) < 4.78 is 0. The van der Waals surface area contributed by atoms with Crippen LogP contribution >= 0.6 is 0 Å². The van der Waals surface area contributed by atoms with Crippen LogP contribution < -0.4 is 10.6 Å². The van der Waals surface area contributed by atoms with Gasteiger partial charge in [-0.05, 0) is 56.5 Å². The van der Waals surface area contributed by atoms with Crippen molar-refractivity contribution in [1.82, 2.24) is 10.6 Å². The van der Waals surface area contributed by atoms with Gasteiger partial charge in [-0.1, -0.05) is 13.8 Å². The molecule has 1 amide bonds. The van der Waals surface area contributed by atoms with Crippen LogP contribution in [0.25, 0.3) is 0 Å². The molecular weight excluding hydrogens is 268 g/mol. The molecule has 3 N–H and O–H groups in total. The molecule has 0 bridgehead atoms. The lowest BCUT2D eigenvalue weighted by atomic mass is 9.93. The van der Waals surface area contributed by atoms with Gasteiger partial charge in [0.15, 0.2) is 0 Å². The highest BCUT2D eigenvalue weighted by atomic mass is 16.4. The molecule has 0 aromatic carbocycles. The molecule has 5 heteroatoms. The van der Waals surface area contributed by atoms with E-state index in [9.17, 15) is 9.59 Å². The summed E-state index contributed by atoms with van der Waals surface area (Å²) in [7, 11) is 0. The minimum Gasteiger partial charge on any atom is -0.481 e. The first-order chi connectivity index (χ1) is 9.97. The maximum absolute atomic E-state index is 11.9. The summed E-state index contributed by atoms with van der Waals surface area (Å²) in [4.78, 5) is 22.7. The van der Waals surface area contributed by atoms with Crippen LogP contribution in [0.5, 0.6) is 0 Å². The third-order valence-electron chi connectivity index (χ3n) is 4.03. The standard InChI is InChI=1S/C16H30N2O3/c1-12(2)8-14(9-16(20)21)11-18-15(19)6-5-13-4-3-7-17-10-13/h12-14,17H,3-11H2,1-2H3,(H,18,19)(H,20,21)/t13?,14-/m0/s1. The molecular formula is C16H30N2O3. The molecule has 1 saturated heterocycles. The van der Waals surface area contributed by atoms with Gasteiger partial charge in [0, 0.05) is 19.4 Å². The largest absolute Gasteiger partial charge is 0.481 e. The normalized spacial score (nSPS) is 20.2. The van der Waals surface area contributed by atoms with Gasteiger partial charge in [-0.2, -0.15) is 0 Å². The van der Waals surface area contributed by atoms with Gasteiger partial charge in [0.05, 0.1) is 0 Å². The summed E-state index contributed by atoms with van der Waals surface area (Å²) in [6.07, 6.45) is 4.83. The Kier molecular flexibility index (Phi) is 8.35. The number of carboxylic acid groups (broad SMARTS) is 1. The Morgan fingerprint density at radius 2 is 2.14 bits per heavy atom. The van der Waals surface area contributed by atoms with E-state index in [2.05, 4.69) is 24.5 Å². The molecule has 1 rings (SSSR count). The Labute approximate surface area is 127 Å². The summed E-state index contributed by atoms with van der Waals surface area (Å²) in [5.74, 6) is 0.347. The van der Waals surface area contributed by atoms with E-state index in [0.29, 0.717) is 24.8 Å². The first kappa shape index (κ1) is 18.0. The number of carboxylic acids is 1. The fourth-order valence-corrected chi connectivity index (χ4v) is 3.00. The number of carbonyl (C=O) groups excluding carboxylic acids is 1. The number of rotatable bonds is 9. The Morgan fingerprint density at radius 3 is 2.71 bits per heavy atom. The topological polar surface area (TPSA) is 78.4 Å². The van der Waals surface area contributed by atoms with Crippen LogP contribution in [0.2, 0.25) is 0 Å². The van der Waals surface area contributed by atoms with E-state index in [1.165, 1.54) is 12.8 Å². The minimum atomic E-state index is -0.789. The maximum Gasteiger partial charge on any atom is 0.303 e. The molecule has 0 spiro atoms. The van der Waals surface area contributed by atoms with Gasteiger partial charge in [-0.3, -0.25) is 9.59 Å². The van der Waals surface area contributed by atoms with Crippen LogP contribution in [-0.4, -0.2) is 36.6 Å². The molecule has 0 radical (unpaired) electrons. The van der Waals surface area contributed by atoms with Crippen molar-refractivity contribution in [3.05, 3.63) is 0 Å². The molecule has 1 aliphatic heterocycles. The zero-order chi connectivity index (χ0) is 15.7. The number of hydrogen-bond donors (Lipinski definition) is 3. The number of nitrogens with one attached hydrogen (secondary N) is 2. The maximum atomic E-state index is 11.9. The van der Waals surface area contributed by atoms with Crippen molar-refractivity contribution in [1.29, 1.82) is 0 Å². The fourth-order valence-electron chi connectivity index (χ4n) is 3.00. The van der Waals surface area contributed by atoms with Gasteiger partial charge in [0.25, 0.3) is 0 Å². The zero-order valence-electron chi connectivity index (χ0n) is 13.4. The van der Waals surface area contributed by atoms with Crippen molar-refractivity contribution in [3.63, 3.8) is 0 Å². The highest BCUT2D eigenvalue weighted by Gasteiger charge is 2.17. The minimum absolute atomic E-state index is 0.0304. The third kappa shape index (κ3) is 8.71. The average molecular weight is 298 g/mol. The van der Waals surface area contributed by atoms with Crippen molar-refractivity contribution in [3.8, 4) is 0 Å². The summed E-state index contributed by atoms with van der Waals surface area (Å²) in [6, 6.07) is 0. The SMILES string of the molecule is CC(C)C[C@H](CNC(=O)CCC1CCCNC1)CC(=O)O. The number of piperidine rings is 1. The quantitative estimate of drug-likeness (QED) is 0.608. The molecule has 1 fully saturated rings. The van der Waals surface area contributed by atoms with Crippen LogP contribution in [0.1, 0.15) is 52.4 Å². The molecule has 0 aromatic heterocycles. The Hall–Kier alpha value is -1.10. The number of hydrogen-bond acceptors (Lipinski definition) is 3. The van der Waals surface area contributed by atoms with Crippen molar-refractivity contribution in [2.24, 2.45) is 17.8 Å². The van der Waals surface area contributed by atoms with E-state index in [-0.39, 0.29) is 18.2 Å². The summed E-state index contributed by atoms with van der Waals surface area (Å²) in [5.41, 5.74) is 0. The molecule has 0 aliphatic carbocycles. The number of aliphatic carboxylic acids is 1. The number of amides is 1. The molecule has 0 aromatic rings. The van der Waals surface area contributed by atoms with E-state index >= 15 is 0 Å². The van der Waals surface area contributed by atoms with Gasteiger partial charge in [0.2, 0.25) is 5.91 Å². The van der Waals surface area contributed by atoms with Gasteiger partial charge in [0.1, 0.15) is 0 Å². The highest BCUT2D eigenvalue weighted by molar-refractivity contribution is 5.76. The third-order valence-corrected chi connectivity index (χ3v) is 4.03. The summed E-state index contributed by atoms with van der Waals surface area (Å²) in [6.45, 7) is 6.74. The second-order valence-corrected chi connectivity index (χ2v) is 6.65. The lowest BCUT2D eigenvalue weighted by Crippen LogP contribution is -2.33. The van der Waals surface area contributed by atoms with Crippen molar-refractivity contribution in [2.75, 3.05) is 19.6 Å². The average Bonchev–Trinajstić information content (AvgIpc) is 2.42. The Balaban J connectivity index is 2.23. The molecule has 0 saturated carbocycles. The summed E-state index contributed by atoms with van der Waals surface area (Å²) in [5, 5.41) is 15.2. The predicted octanol–water partition coefficient (Wildman–Crippen LogP) is 2.02. The first-order valence-corrected chi connectivity index (χ1v) is 8.16. The van der Waals surface area contributed by atoms with Crippen LogP contribution in [0.4, 0.5) is 0 Å². The van der Waals surface area contributed by atoms with Crippen molar-refractivity contribution >= 4 is 11.9 Å². The Bertz CT molecular complexity index is 325. The fraction of sp³-hybridized carbons (Fsp3) is 0.875. The predicted molar refractivity (Wildman–Crippen MR) is 83.0 cm³/mol. The molecule has 1 aliphatic rings. The lowest BCUT2D eigenvalue weighted by molar-refractivity contribution is -0.138. The second kappa shape index (κ2) is 9.77. The van der Waals surface area contributed by atoms with Crippen LogP contribution in [0, 0.1) is 17.8 Å². The van der Waals surface area contributed by atoms with Crippen LogP contribution in [0.3, 0.4) is 0 Å². The van der Waals surface area contributed by atoms with Gasteiger partial charge < -0.3 is 15.7 Å². The molecule has 21 heavy (non-hydrogen) atoms. The molecule has 122 valence electrons. The van der Waals surface area contributed by atoms with Gasteiger partial charge in [-0.15, -0.1) is 0 Å². The molecule has 5 nitrogen and oxygen atoms in total. The van der Waals surface area contributed by atoms with Crippen molar-refractivity contribution in [2.45, 2.75) is 52.4 Å². The molecule has 1 heterocycles. The second-order valence-electron chi connectivity index (χ2n) is 6.65. The van der Waals surface area contributed by atoms with Crippen molar-refractivity contribution < 1.29 is 14.7 Å². The molecule has 2 atom stereocenters.